The van der Waals surface area contributed by atoms with E-state index in [0.717, 1.165) is 48.2 Å². The van der Waals surface area contributed by atoms with Gasteiger partial charge in [-0.1, -0.05) is 6.07 Å². The Bertz CT molecular complexity index is 821. The molecular formula is C20H26N2O3. The number of aromatic nitrogens is 2. The standard InChI is InChI=1S/C20H26N2O3/c1-12-10-15(16-6-4-7-17(16)20(12)25)11-18-13(2)21-22(14(18)3)9-5-8-19(23)24/h10,25H,4-9,11H2,1-3H3,(H,23,24). The fraction of sp³-hybridized carbons (Fsp3) is 0.500. The van der Waals surface area contributed by atoms with E-state index in [4.69, 9.17) is 5.11 Å². The summed E-state index contributed by atoms with van der Waals surface area (Å²) in [4.78, 5) is 10.7. The molecule has 0 amide bonds. The maximum Gasteiger partial charge on any atom is 0.303 e. The van der Waals surface area contributed by atoms with E-state index in [1.807, 2.05) is 18.5 Å². The number of carbonyl (C=O) groups is 1. The predicted octanol–water partition coefficient (Wildman–Crippen LogP) is 3.46. The molecule has 0 saturated heterocycles. The van der Waals surface area contributed by atoms with Crippen LogP contribution in [0, 0.1) is 20.8 Å². The molecule has 0 bridgehead atoms. The molecule has 0 fully saturated rings. The number of aromatic hydroxyl groups is 1. The summed E-state index contributed by atoms with van der Waals surface area (Å²) in [6.07, 6.45) is 4.67. The SMILES string of the molecule is Cc1cc(Cc2c(C)nn(CCCC(=O)O)c2C)c2c(c1O)CCC2. The Morgan fingerprint density at radius 3 is 2.68 bits per heavy atom. The van der Waals surface area contributed by atoms with Gasteiger partial charge >= 0.3 is 5.97 Å². The first kappa shape index (κ1) is 17.5. The zero-order chi connectivity index (χ0) is 18.1. The molecule has 0 spiro atoms. The molecule has 1 aliphatic rings. The number of benzene rings is 1. The Morgan fingerprint density at radius 1 is 1.24 bits per heavy atom. The highest BCUT2D eigenvalue weighted by molar-refractivity contribution is 5.66. The van der Waals surface area contributed by atoms with Gasteiger partial charge in [0.15, 0.2) is 0 Å². The van der Waals surface area contributed by atoms with Gasteiger partial charge in [0, 0.05) is 30.6 Å². The lowest BCUT2D eigenvalue weighted by Gasteiger charge is -2.13. The van der Waals surface area contributed by atoms with Crippen molar-refractivity contribution in [1.29, 1.82) is 0 Å². The van der Waals surface area contributed by atoms with Crippen molar-refractivity contribution >= 4 is 5.97 Å². The summed E-state index contributed by atoms with van der Waals surface area (Å²) in [5, 5.41) is 23.7. The second-order valence-electron chi connectivity index (χ2n) is 7.06. The molecule has 134 valence electrons. The van der Waals surface area contributed by atoms with Crippen molar-refractivity contribution in [3.05, 3.63) is 45.3 Å². The van der Waals surface area contributed by atoms with Crippen molar-refractivity contribution in [3.63, 3.8) is 0 Å². The van der Waals surface area contributed by atoms with Gasteiger partial charge in [0.25, 0.3) is 0 Å². The van der Waals surface area contributed by atoms with Crippen LogP contribution in [0.25, 0.3) is 0 Å². The quantitative estimate of drug-likeness (QED) is 0.843. The second-order valence-corrected chi connectivity index (χ2v) is 7.06. The molecule has 5 nitrogen and oxygen atoms in total. The maximum atomic E-state index is 10.7. The van der Waals surface area contributed by atoms with Gasteiger partial charge in [0.05, 0.1) is 5.69 Å². The fourth-order valence-corrected chi connectivity index (χ4v) is 3.95. The lowest BCUT2D eigenvalue weighted by atomic mass is 9.93. The molecule has 3 rings (SSSR count). The first-order valence-corrected chi connectivity index (χ1v) is 8.96. The summed E-state index contributed by atoms with van der Waals surface area (Å²) < 4.78 is 1.93. The molecular weight excluding hydrogens is 316 g/mol. The largest absolute Gasteiger partial charge is 0.507 e. The minimum atomic E-state index is -0.767. The number of rotatable bonds is 6. The highest BCUT2D eigenvalue weighted by Crippen LogP contribution is 2.36. The number of aliphatic carboxylic acids is 1. The molecule has 2 aromatic rings. The normalized spacial score (nSPS) is 13.2. The fourth-order valence-electron chi connectivity index (χ4n) is 3.95. The van der Waals surface area contributed by atoms with E-state index in [9.17, 15) is 9.90 Å². The van der Waals surface area contributed by atoms with Gasteiger partial charge in [-0.3, -0.25) is 9.48 Å². The first-order chi connectivity index (χ1) is 11.9. The van der Waals surface area contributed by atoms with E-state index in [2.05, 4.69) is 18.1 Å². The smallest absolute Gasteiger partial charge is 0.303 e. The molecule has 0 radical (unpaired) electrons. The van der Waals surface area contributed by atoms with Crippen molar-refractivity contribution in [2.45, 2.75) is 65.8 Å². The monoisotopic (exact) mass is 342 g/mol. The highest BCUT2D eigenvalue weighted by Gasteiger charge is 2.22. The summed E-state index contributed by atoms with van der Waals surface area (Å²) in [6.45, 7) is 6.67. The van der Waals surface area contributed by atoms with Gasteiger partial charge in [0.2, 0.25) is 0 Å². The van der Waals surface area contributed by atoms with Crippen LogP contribution in [-0.2, 0) is 30.6 Å². The summed E-state index contributed by atoms with van der Waals surface area (Å²) >= 11 is 0. The number of phenols is 1. The number of nitrogens with zero attached hydrogens (tertiary/aromatic N) is 2. The third kappa shape index (κ3) is 3.41. The number of phenolic OH excluding ortho intramolecular Hbond substituents is 1. The van der Waals surface area contributed by atoms with Gasteiger partial charge in [0.1, 0.15) is 5.75 Å². The zero-order valence-electron chi connectivity index (χ0n) is 15.2. The number of fused-ring (bicyclic) bond motifs is 1. The van der Waals surface area contributed by atoms with Gasteiger partial charge in [-0.05, 0) is 68.7 Å². The van der Waals surface area contributed by atoms with Crippen molar-refractivity contribution in [2.24, 2.45) is 0 Å². The second kappa shape index (κ2) is 6.90. The van der Waals surface area contributed by atoms with Gasteiger partial charge in [-0.15, -0.1) is 0 Å². The van der Waals surface area contributed by atoms with Crippen LogP contribution < -0.4 is 0 Å². The Kier molecular flexibility index (Phi) is 4.84. The average molecular weight is 342 g/mol. The Hall–Kier alpha value is -2.30. The topological polar surface area (TPSA) is 75.4 Å². The lowest BCUT2D eigenvalue weighted by molar-refractivity contribution is -0.137. The Morgan fingerprint density at radius 2 is 1.96 bits per heavy atom. The van der Waals surface area contributed by atoms with E-state index < -0.39 is 5.97 Å². The molecule has 0 atom stereocenters. The Labute approximate surface area is 148 Å². The summed E-state index contributed by atoms with van der Waals surface area (Å²) in [5.74, 6) is -0.300. The predicted molar refractivity (Wildman–Crippen MR) is 96.2 cm³/mol. The van der Waals surface area contributed by atoms with E-state index in [1.165, 1.54) is 16.7 Å². The minimum Gasteiger partial charge on any atom is -0.507 e. The van der Waals surface area contributed by atoms with Crippen molar-refractivity contribution in [3.8, 4) is 5.75 Å². The minimum absolute atomic E-state index is 0.165. The number of carboxylic acids is 1. The van der Waals surface area contributed by atoms with Gasteiger partial charge < -0.3 is 10.2 Å². The van der Waals surface area contributed by atoms with Gasteiger partial charge in [-0.2, -0.15) is 5.10 Å². The summed E-state index contributed by atoms with van der Waals surface area (Å²) in [7, 11) is 0. The van der Waals surface area contributed by atoms with Gasteiger partial charge in [-0.25, -0.2) is 0 Å². The van der Waals surface area contributed by atoms with E-state index in [1.54, 1.807) is 0 Å². The molecule has 25 heavy (non-hydrogen) atoms. The van der Waals surface area contributed by atoms with Crippen LogP contribution >= 0.6 is 0 Å². The third-order valence-corrected chi connectivity index (χ3v) is 5.31. The number of hydrogen-bond donors (Lipinski definition) is 2. The maximum absolute atomic E-state index is 10.7. The molecule has 5 heteroatoms. The van der Waals surface area contributed by atoms with Crippen LogP contribution in [-0.4, -0.2) is 26.0 Å². The van der Waals surface area contributed by atoms with E-state index in [-0.39, 0.29) is 6.42 Å². The molecule has 1 aliphatic carbocycles. The molecule has 1 heterocycles. The molecule has 0 saturated carbocycles. The van der Waals surface area contributed by atoms with Crippen LogP contribution in [0.4, 0.5) is 0 Å². The van der Waals surface area contributed by atoms with Crippen LogP contribution in [0.5, 0.6) is 5.75 Å². The van der Waals surface area contributed by atoms with Crippen molar-refractivity contribution < 1.29 is 15.0 Å². The van der Waals surface area contributed by atoms with Crippen LogP contribution in [0.3, 0.4) is 0 Å². The van der Waals surface area contributed by atoms with Crippen LogP contribution in [0.15, 0.2) is 6.07 Å². The third-order valence-electron chi connectivity index (χ3n) is 5.31. The first-order valence-electron chi connectivity index (χ1n) is 8.96. The summed E-state index contributed by atoms with van der Waals surface area (Å²) in [6, 6.07) is 2.11. The zero-order valence-corrected chi connectivity index (χ0v) is 15.2. The average Bonchev–Trinajstić information content (AvgIpc) is 3.13. The van der Waals surface area contributed by atoms with E-state index in [0.29, 0.717) is 18.7 Å². The van der Waals surface area contributed by atoms with Crippen LogP contribution in [0.1, 0.15) is 58.5 Å². The van der Waals surface area contributed by atoms with E-state index >= 15 is 0 Å². The molecule has 1 aromatic heterocycles. The Balaban J connectivity index is 1.87. The van der Waals surface area contributed by atoms with Crippen LogP contribution in [0.2, 0.25) is 0 Å². The summed E-state index contributed by atoms with van der Waals surface area (Å²) in [5.41, 5.74) is 8.00. The number of carboxylic acid groups (broad SMARTS) is 1. The molecule has 0 aliphatic heterocycles. The van der Waals surface area contributed by atoms with Crippen molar-refractivity contribution in [2.75, 3.05) is 0 Å². The van der Waals surface area contributed by atoms with Crippen molar-refractivity contribution in [1.82, 2.24) is 9.78 Å². The molecule has 0 unspecified atom stereocenters. The molecule has 1 aromatic carbocycles. The highest BCUT2D eigenvalue weighted by atomic mass is 16.4. The lowest BCUT2D eigenvalue weighted by Crippen LogP contribution is -2.06. The number of hydrogen-bond acceptors (Lipinski definition) is 3. The molecule has 2 N–H and O–H groups in total. The number of aryl methyl sites for hydroxylation is 3.